The molecule has 694 valence electrons. The average molecular weight is 1870 g/mol. The molecular formula is C102H116BBrF4N12O12. The number of imidazole rings is 2. The zero-order valence-corrected chi connectivity index (χ0v) is 79.3. The summed E-state index contributed by atoms with van der Waals surface area (Å²) >= 11 is 3.31. The molecule has 6 aliphatic carbocycles. The van der Waals surface area contributed by atoms with Crippen molar-refractivity contribution in [2.24, 2.45) is 44.5 Å². The monoisotopic (exact) mass is 1870 g/mol. The van der Waals surface area contributed by atoms with Crippen molar-refractivity contribution >= 4 is 87.5 Å². The molecule has 4 N–H and O–H groups in total. The number of likely N-dealkylation sites (tertiary alicyclic amines) is 4. The van der Waals surface area contributed by atoms with E-state index in [1.165, 1.54) is 31.9 Å². The van der Waals surface area contributed by atoms with Crippen molar-refractivity contribution in [2.45, 2.75) is 269 Å². The van der Waals surface area contributed by atoms with Gasteiger partial charge in [0.1, 0.15) is 34.9 Å². The zero-order valence-electron chi connectivity index (χ0n) is 77.7. The van der Waals surface area contributed by atoms with Crippen LogP contribution in [0.2, 0.25) is 0 Å². The summed E-state index contributed by atoms with van der Waals surface area (Å²) in [6.45, 7) is 28.4. The van der Waals surface area contributed by atoms with Gasteiger partial charge in [-0.1, -0.05) is 104 Å². The second kappa shape index (κ2) is 32.8. The maximum atomic E-state index is 16.6. The van der Waals surface area contributed by atoms with Gasteiger partial charge in [-0.3, -0.25) is 29.4 Å². The number of halogens is 5. The summed E-state index contributed by atoms with van der Waals surface area (Å²) in [5, 5.41) is 5.39. The van der Waals surface area contributed by atoms with Crippen molar-refractivity contribution in [1.82, 2.24) is 50.2 Å². The number of fused-ring (bicyclic) bond motifs is 12. The molecule has 4 bridgehead atoms. The van der Waals surface area contributed by atoms with E-state index in [0.29, 0.717) is 97.8 Å². The van der Waals surface area contributed by atoms with E-state index in [1.54, 1.807) is 54.9 Å². The number of hydrogen-bond donors (Lipinski definition) is 4. The SMILES string of the molecule is CC(C)(C)OC(=O)N1C2CCC(C2)C1C1=Nc2ccc(B3OC(C)(C)C(C)(C)O3)cc2C1.COC(=O)NC(C(=O)N1CC2(CC2)CC1c1ncc(-c2ccc3c(c2)C(F)(F)c2cc(-c4ccc5c(c4)CC(C4C6CCC(C6)N4C(=O)OC(C)(C)C)=N5)ccc2-3)[nH]1)C(C)C.COC(=O)NC(C(=O)N1CC2(CC2)CC1c1ncc(-c2ccc3c(c2)C(F)(F)c2cc(Br)ccc2-3)[nH]1)C(C)C. The quantitative estimate of drug-likeness (QED) is 0.0448. The molecule has 13 aliphatic rings. The molecule has 132 heavy (non-hydrogen) atoms. The molecule has 2 spiro atoms. The Bertz CT molecular complexity index is 6070. The fourth-order valence-electron chi connectivity index (χ4n) is 22.2. The number of benzene rings is 6. The van der Waals surface area contributed by atoms with E-state index in [9.17, 15) is 28.8 Å². The van der Waals surface area contributed by atoms with Crippen LogP contribution in [0.4, 0.5) is 48.1 Å². The minimum absolute atomic E-state index is 0.00978. The Morgan fingerprint density at radius 2 is 0.902 bits per heavy atom. The van der Waals surface area contributed by atoms with Crippen LogP contribution in [0.25, 0.3) is 55.9 Å². The average Bonchev–Trinajstić information content (AvgIpc) is 1.57. The van der Waals surface area contributed by atoms with E-state index in [2.05, 4.69) is 93.5 Å². The number of alkyl carbamates (subject to hydrolysis) is 2. The van der Waals surface area contributed by atoms with Gasteiger partial charge < -0.3 is 58.7 Å². The number of alkyl halides is 4. The van der Waals surface area contributed by atoms with E-state index >= 15 is 17.6 Å². The molecule has 5 saturated heterocycles. The van der Waals surface area contributed by atoms with Gasteiger partial charge in [0.2, 0.25) is 11.8 Å². The highest BCUT2D eigenvalue weighted by atomic mass is 79.9. The summed E-state index contributed by atoms with van der Waals surface area (Å²) in [7, 11) is 2.16. The number of methoxy groups -OCH3 is 2. The number of ether oxygens (including phenoxy) is 4. The number of aromatic amines is 2. The molecule has 21 rings (SSSR count). The molecule has 0 radical (unpaired) electrons. The third-order valence-electron chi connectivity index (χ3n) is 30.1. The molecule has 9 fully saturated rings. The van der Waals surface area contributed by atoms with Crippen molar-refractivity contribution in [3.05, 3.63) is 171 Å². The van der Waals surface area contributed by atoms with Crippen LogP contribution in [-0.4, -0.2) is 180 Å². The van der Waals surface area contributed by atoms with Crippen molar-refractivity contribution in [2.75, 3.05) is 27.3 Å². The number of piperidine rings is 2. The van der Waals surface area contributed by atoms with Gasteiger partial charge in [-0.05, 0) is 279 Å². The van der Waals surface area contributed by atoms with E-state index in [-0.39, 0.29) is 123 Å². The van der Waals surface area contributed by atoms with Crippen LogP contribution < -0.4 is 16.1 Å². The van der Waals surface area contributed by atoms with Gasteiger partial charge in [-0.15, -0.1) is 0 Å². The zero-order chi connectivity index (χ0) is 93.5. The highest BCUT2D eigenvalue weighted by Gasteiger charge is 2.60. The third kappa shape index (κ3) is 16.5. The second-order valence-corrected chi connectivity index (χ2v) is 43.5. The lowest BCUT2D eigenvalue weighted by Gasteiger charge is -2.36. The van der Waals surface area contributed by atoms with Gasteiger partial charge in [0, 0.05) is 87.3 Å². The molecule has 9 heterocycles. The summed E-state index contributed by atoms with van der Waals surface area (Å²) < 4.78 is 98.3. The molecular weight excluding hydrogens is 1750 g/mol. The number of H-pyrrole nitrogens is 2. The number of hydrogen-bond acceptors (Lipinski definition) is 16. The minimum atomic E-state index is -3.25. The number of nitrogens with one attached hydrogen (secondary N) is 4. The fourth-order valence-corrected chi connectivity index (χ4v) is 22.6. The molecule has 24 nitrogen and oxygen atoms in total. The molecule has 30 heteroatoms. The summed E-state index contributed by atoms with van der Waals surface area (Å²) in [4.78, 5) is 112. The lowest BCUT2D eigenvalue weighted by molar-refractivity contribution is -0.136. The Labute approximate surface area is 776 Å². The predicted molar refractivity (Wildman–Crippen MR) is 498 cm³/mol. The number of aliphatic imine (C=N–C) groups is 2. The first kappa shape index (κ1) is 90.5. The largest absolute Gasteiger partial charge is 0.494 e. The molecule has 8 aromatic rings. The van der Waals surface area contributed by atoms with Crippen molar-refractivity contribution < 1.29 is 74.6 Å². The Kier molecular flexibility index (Phi) is 22.5. The number of rotatable bonds is 14. The number of aromatic nitrogens is 4. The van der Waals surface area contributed by atoms with Gasteiger partial charge >= 0.3 is 31.5 Å². The first-order valence-electron chi connectivity index (χ1n) is 46.6. The molecule has 7 aliphatic heterocycles. The Balaban J connectivity index is 0.000000136. The standard InChI is InChI=1S/C48H52F2N6O5.C29H29BrF2N4O3.C25H35BN2O4/c1-25(2)40(54-44(58)60-6)43(57)55-24-47(15-16-47)22-39(55)42-51-23-38(53-42)28-9-13-33-32-12-8-27(19-34(32)48(49,50)35(33)20-28)26-10-14-36-30(17-26)21-37(52-36)41-29-7-11-31(18-29)56(41)45(59)61-46(3,4)5;1-15(2)24(35-27(38)39-3)26(37)36-14-28(8-9-28)12-23(36)25-33-13-22(34-25)16-4-6-18-19-7-5-17(30)11-21(19)29(31,32)20(18)10-16;1-23(2,3)30-22(29)28-18-10-8-15(13-18)21(28)20-14-16-12-17(9-11-19(16)27-20)26-31-24(4,5)25(6,7)32-26/h8-10,12-14,17,19-20,23,25,29,31,39-41H,7,11,15-16,18,21-22,24H2,1-6H3,(H,51,53)(H,54,58);4-7,10-11,13,15,23-24H,8-9,12,14H2,1-3H3,(H,33,34)(H,35,38);9,11-12,15,18,21H,8,10,13-14H2,1-7H3. The molecule has 6 amide bonds. The van der Waals surface area contributed by atoms with Crippen molar-refractivity contribution in [1.29, 1.82) is 0 Å². The normalized spacial score (nSPS) is 24.5. The first-order valence-corrected chi connectivity index (χ1v) is 47.4. The van der Waals surface area contributed by atoms with Crippen LogP contribution in [0.3, 0.4) is 0 Å². The van der Waals surface area contributed by atoms with E-state index in [0.717, 1.165) is 123 Å². The Morgan fingerprint density at radius 1 is 0.515 bits per heavy atom. The Morgan fingerprint density at radius 3 is 1.32 bits per heavy atom. The first-order chi connectivity index (χ1) is 62.4. The summed E-state index contributed by atoms with van der Waals surface area (Å²) in [5.74, 6) is -5.00. The number of nitrogens with zero attached hydrogens (tertiary/aromatic N) is 8. The molecule has 2 aromatic heterocycles. The van der Waals surface area contributed by atoms with Crippen molar-refractivity contribution in [3.63, 3.8) is 0 Å². The predicted octanol–water partition coefficient (Wildman–Crippen LogP) is 20.5. The number of amides is 6. The summed E-state index contributed by atoms with van der Waals surface area (Å²) in [6.07, 6.45) is 14.7. The van der Waals surface area contributed by atoms with Crippen LogP contribution in [0.5, 0.6) is 0 Å². The fraction of sp³-hybridized carbons (Fsp3) is 0.510. The van der Waals surface area contributed by atoms with Crippen LogP contribution in [0.1, 0.15) is 231 Å². The summed E-state index contributed by atoms with van der Waals surface area (Å²) in [6, 6.07) is 30.9. The van der Waals surface area contributed by atoms with E-state index in [4.69, 9.17) is 43.2 Å². The van der Waals surface area contributed by atoms with Crippen molar-refractivity contribution in [3.8, 4) is 55.9 Å². The van der Waals surface area contributed by atoms with Crippen LogP contribution >= 0.6 is 15.9 Å². The van der Waals surface area contributed by atoms with Gasteiger partial charge in [0.15, 0.2) is 0 Å². The topological polar surface area (TPSA) is 277 Å². The smallest absolute Gasteiger partial charge is 0.453 e. The van der Waals surface area contributed by atoms with Gasteiger partial charge in [-0.2, -0.15) is 17.6 Å². The maximum Gasteiger partial charge on any atom is 0.494 e. The lowest BCUT2D eigenvalue weighted by atomic mass is 9.78. The molecule has 4 saturated carbocycles. The second-order valence-electron chi connectivity index (χ2n) is 42.6. The Hall–Kier alpha value is -10.7. The van der Waals surface area contributed by atoms with Gasteiger partial charge in [0.25, 0.3) is 11.8 Å². The third-order valence-corrected chi connectivity index (χ3v) is 30.6. The summed E-state index contributed by atoms with van der Waals surface area (Å²) in [5.41, 5.74) is 11.2. The van der Waals surface area contributed by atoms with Crippen LogP contribution in [0.15, 0.2) is 136 Å². The number of carbonyl (C=O) groups excluding carboxylic acids is 6. The highest BCUT2D eigenvalue weighted by Crippen LogP contribution is 2.62. The number of carbonyl (C=O) groups is 6. The molecule has 10 unspecified atom stereocenters. The van der Waals surface area contributed by atoms with Crippen LogP contribution in [0, 0.1) is 34.5 Å². The minimum Gasteiger partial charge on any atom is -0.453 e. The van der Waals surface area contributed by atoms with Crippen LogP contribution in [-0.2, 0) is 62.5 Å². The highest BCUT2D eigenvalue weighted by molar-refractivity contribution is 9.10. The van der Waals surface area contributed by atoms with Gasteiger partial charge in [-0.25, -0.2) is 29.1 Å². The molecule has 10 atom stereocenters. The van der Waals surface area contributed by atoms with E-state index < -0.39 is 47.3 Å². The van der Waals surface area contributed by atoms with Gasteiger partial charge in [0.05, 0.1) is 84.7 Å². The maximum absolute atomic E-state index is 16.6. The van der Waals surface area contributed by atoms with E-state index in [1.807, 2.05) is 119 Å². The lowest BCUT2D eigenvalue weighted by Crippen LogP contribution is -2.51. The molecule has 6 aromatic carbocycles.